The van der Waals surface area contributed by atoms with Crippen molar-refractivity contribution < 1.29 is 0 Å². The van der Waals surface area contributed by atoms with Crippen molar-refractivity contribution in [2.75, 3.05) is 6.54 Å². The predicted octanol–water partition coefficient (Wildman–Crippen LogP) is 5.45. The molecule has 1 nitrogen and oxygen atoms in total. The van der Waals surface area contributed by atoms with Gasteiger partial charge >= 0.3 is 0 Å². The molecule has 2 atom stereocenters. The quantitative estimate of drug-likeness (QED) is 0.774. The minimum Gasteiger partial charge on any atom is -0.310 e. The van der Waals surface area contributed by atoms with Crippen molar-refractivity contribution in [1.29, 1.82) is 0 Å². The van der Waals surface area contributed by atoms with Crippen LogP contribution in [0, 0.1) is 0 Å². The van der Waals surface area contributed by atoms with E-state index in [0.717, 1.165) is 12.1 Å². The molecule has 0 aliphatic rings. The average Bonchev–Trinajstić information content (AvgIpc) is 2.45. The Morgan fingerprint density at radius 1 is 1.00 bits per heavy atom. The largest absolute Gasteiger partial charge is 0.310 e. The lowest BCUT2D eigenvalue weighted by atomic mass is 10.0. The van der Waals surface area contributed by atoms with Gasteiger partial charge in [0.2, 0.25) is 0 Å². The molecule has 0 fully saturated rings. The molecular formula is C17H19Cl2N. The van der Waals surface area contributed by atoms with Gasteiger partial charge in [0.15, 0.2) is 0 Å². The first-order valence-electron chi connectivity index (χ1n) is 6.81. The van der Waals surface area contributed by atoms with Gasteiger partial charge < -0.3 is 5.32 Å². The van der Waals surface area contributed by atoms with Crippen LogP contribution in [0.4, 0.5) is 0 Å². The minimum absolute atomic E-state index is 0.200. The highest BCUT2D eigenvalue weighted by Crippen LogP contribution is 2.26. The zero-order valence-electron chi connectivity index (χ0n) is 11.7. The molecule has 2 unspecified atom stereocenters. The van der Waals surface area contributed by atoms with Crippen LogP contribution in [-0.2, 0) is 0 Å². The summed E-state index contributed by atoms with van der Waals surface area (Å²) in [6, 6.07) is 16.4. The number of halogens is 2. The van der Waals surface area contributed by atoms with Gasteiger partial charge in [0.05, 0.1) is 0 Å². The van der Waals surface area contributed by atoms with Crippen molar-refractivity contribution in [1.82, 2.24) is 5.32 Å². The third-order valence-corrected chi connectivity index (χ3v) is 4.09. The molecule has 2 rings (SSSR count). The Hall–Kier alpha value is -1.02. The lowest BCUT2D eigenvalue weighted by Gasteiger charge is -2.19. The highest BCUT2D eigenvalue weighted by molar-refractivity contribution is 6.35. The Kier molecular flexibility index (Phi) is 5.47. The molecule has 20 heavy (non-hydrogen) atoms. The van der Waals surface area contributed by atoms with E-state index in [1.807, 2.05) is 18.2 Å². The molecule has 0 radical (unpaired) electrons. The van der Waals surface area contributed by atoms with Gasteiger partial charge in [0.25, 0.3) is 0 Å². The van der Waals surface area contributed by atoms with E-state index in [4.69, 9.17) is 23.2 Å². The summed E-state index contributed by atoms with van der Waals surface area (Å²) < 4.78 is 0. The molecule has 0 aromatic heterocycles. The lowest BCUT2D eigenvalue weighted by Crippen LogP contribution is -2.23. The second-order valence-electron chi connectivity index (χ2n) is 5.11. The molecule has 2 aromatic carbocycles. The van der Waals surface area contributed by atoms with Crippen molar-refractivity contribution in [2.24, 2.45) is 0 Å². The summed E-state index contributed by atoms with van der Waals surface area (Å²) in [6.07, 6.45) is 0. The topological polar surface area (TPSA) is 12.0 Å². The maximum Gasteiger partial charge on any atom is 0.0468 e. The van der Waals surface area contributed by atoms with Crippen molar-refractivity contribution in [2.45, 2.75) is 25.8 Å². The highest BCUT2D eigenvalue weighted by Gasteiger charge is 2.12. The minimum atomic E-state index is 0.200. The number of rotatable bonds is 5. The third-order valence-electron chi connectivity index (χ3n) is 3.53. The Balaban J connectivity index is 1.96. The van der Waals surface area contributed by atoms with Crippen LogP contribution >= 0.6 is 23.2 Å². The summed E-state index contributed by atoms with van der Waals surface area (Å²) in [7, 11) is 0. The Bertz CT molecular complexity index is 554. The van der Waals surface area contributed by atoms with Crippen LogP contribution in [0.5, 0.6) is 0 Å². The van der Waals surface area contributed by atoms with Crippen LogP contribution in [0.15, 0.2) is 48.5 Å². The molecule has 0 saturated heterocycles. The van der Waals surface area contributed by atoms with E-state index >= 15 is 0 Å². The van der Waals surface area contributed by atoms with Gasteiger partial charge in [-0.15, -0.1) is 0 Å². The van der Waals surface area contributed by atoms with E-state index in [1.165, 1.54) is 5.56 Å². The molecule has 3 heteroatoms. The van der Waals surface area contributed by atoms with Crippen molar-refractivity contribution in [3.05, 3.63) is 69.7 Å². The number of nitrogens with one attached hydrogen (secondary N) is 1. The standard InChI is InChI=1S/C17H19Cl2N/c1-12(14-6-4-3-5-7-14)11-20-13(2)16-9-8-15(18)10-17(16)19/h3-10,12-13,20H,11H2,1-2H3. The monoisotopic (exact) mass is 307 g/mol. The molecule has 0 bridgehead atoms. The summed E-state index contributed by atoms with van der Waals surface area (Å²) >= 11 is 12.2. The van der Waals surface area contributed by atoms with Gasteiger partial charge in [-0.05, 0) is 36.1 Å². The van der Waals surface area contributed by atoms with Crippen molar-refractivity contribution >= 4 is 23.2 Å². The molecule has 0 aliphatic carbocycles. The summed E-state index contributed by atoms with van der Waals surface area (Å²) in [6.45, 7) is 5.25. The van der Waals surface area contributed by atoms with Gasteiger partial charge in [-0.25, -0.2) is 0 Å². The van der Waals surface area contributed by atoms with E-state index < -0.39 is 0 Å². The Morgan fingerprint density at radius 2 is 1.70 bits per heavy atom. The van der Waals surface area contributed by atoms with Crippen LogP contribution in [0.3, 0.4) is 0 Å². The molecule has 0 heterocycles. The van der Waals surface area contributed by atoms with Crippen LogP contribution in [0.2, 0.25) is 10.0 Å². The van der Waals surface area contributed by atoms with Crippen LogP contribution in [0.25, 0.3) is 0 Å². The lowest BCUT2D eigenvalue weighted by molar-refractivity contribution is 0.537. The summed E-state index contributed by atoms with van der Waals surface area (Å²) in [4.78, 5) is 0. The smallest absolute Gasteiger partial charge is 0.0468 e. The second-order valence-corrected chi connectivity index (χ2v) is 5.95. The van der Waals surface area contributed by atoms with Crippen LogP contribution in [-0.4, -0.2) is 6.54 Å². The number of hydrogen-bond donors (Lipinski definition) is 1. The Morgan fingerprint density at radius 3 is 2.35 bits per heavy atom. The Labute approximate surface area is 130 Å². The van der Waals surface area contributed by atoms with Crippen LogP contribution in [0.1, 0.15) is 36.9 Å². The van der Waals surface area contributed by atoms with Gasteiger partial charge in [-0.3, -0.25) is 0 Å². The zero-order chi connectivity index (χ0) is 14.5. The molecule has 0 saturated carbocycles. The predicted molar refractivity (Wildman–Crippen MR) is 87.7 cm³/mol. The average molecular weight is 308 g/mol. The maximum absolute atomic E-state index is 6.23. The normalized spacial score (nSPS) is 14.0. The van der Waals surface area contributed by atoms with E-state index in [0.29, 0.717) is 16.0 Å². The van der Waals surface area contributed by atoms with E-state index in [2.05, 4.69) is 43.4 Å². The summed E-state index contributed by atoms with van der Waals surface area (Å²) in [5.41, 5.74) is 2.42. The van der Waals surface area contributed by atoms with Gasteiger partial charge in [0.1, 0.15) is 0 Å². The van der Waals surface area contributed by atoms with Crippen molar-refractivity contribution in [3.63, 3.8) is 0 Å². The molecule has 106 valence electrons. The first-order valence-corrected chi connectivity index (χ1v) is 7.57. The first kappa shape index (κ1) is 15.4. The molecule has 2 aromatic rings. The fraction of sp³-hybridized carbons (Fsp3) is 0.294. The number of hydrogen-bond acceptors (Lipinski definition) is 1. The van der Waals surface area contributed by atoms with E-state index in [9.17, 15) is 0 Å². The fourth-order valence-corrected chi connectivity index (χ4v) is 2.79. The SMILES string of the molecule is CC(CNC(C)c1ccc(Cl)cc1Cl)c1ccccc1. The van der Waals surface area contributed by atoms with Crippen molar-refractivity contribution in [3.8, 4) is 0 Å². The van der Waals surface area contributed by atoms with Gasteiger partial charge in [-0.2, -0.15) is 0 Å². The first-order chi connectivity index (χ1) is 9.58. The third kappa shape index (κ3) is 3.99. The van der Waals surface area contributed by atoms with Gasteiger partial charge in [-0.1, -0.05) is 66.5 Å². The summed E-state index contributed by atoms with van der Waals surface area (Å²) in [5, 5.41) is 4.91. The zero-order valence-corrected chi connectivity index (χ0v) is 13.2. The molecule has 0 spiro atoms. The molecule has 1 N–H and O–H groups in total. The van der Waals surface area contributed by atoms with E-state index in [-0.39, 0.29) is 6.04 Å². The summed E-state index contributed by atoms with van der Waals surface area (Å²) in [5.74, 6) is 0.463. The van der Waals surface area contributed by atoms with Crippen LogP contribution < -0.4 is 5.32 Å². The maximum atomic E-state index is 6.23. The highest BCUT2D eigenvalue weighted by atomic mass is 35.5. The number of benzene rings is 2. The van der Waals surface area contributed by atoms with Gasteiger partial charge in [0, 0.05) is 22.6 Å². The fourth-order valence-electron chi connectivity index (χ4n) is 2.22. The second kappa shape index (κ2) is 7.12. The molecule has 0 aliphatic heterocycles. The van der Waals surface area contributed by atoms with E-state index in [1.54, 1.807) is 6.07 Å². The molecule has 0 amide bonds. The molecular weight excluding hydrogens is 289 g/mol.